The highest BCUT2D eigenvalue weighted by Gasteiger charge is 2.39. The van der Waals surface area contributed by atoms with Gasteiger partial charge in [0.1, 0.15) is 0 Å². The van der Waals surface area contributed by atoms with Crippen molar-refractivity contribution in [3.8, 4) is 0 Å². The van der Waals surface area contributed by atoms with Gasteiger partial charge in [-0.1, -0.05) is 80.6 Å². The van der Waals surface area contributed by atoms with Crippen LogP contribution in [0.25, 0.3) is 21.5 Å². The molecule has 1 saturated carbocycles. The first kappa shape index (κ1) is 22.9. The Kier molecular flexibility index (Phi) is 6.58. The first-order valence-corrected chi connectivity index (χ1v) is 13.0. The molecule has 5 rings (SSSR count). The molecule has 3 aromatic carbocycles. The minimum Gasteiger partial charge on any atom is -0.339 e. The summed E-state index contributed by atoms with van der Waals surface area (Å²) in [7, 11) is 1.91. The summed E-state index contributed by atoms with van der Waals surface area (Å²) in [6.45, 7) is 2.70. The Morgan fingerprint density at radius 1 is 0.912 bits per heavy atom. The van der Waals surface area contributed by atoms with Crippen LogP contribution in [-0.2, 0) is 9.59 Å². The Morgan fingerprint density at radius 2 is 1.47 bits per heavy atom. The first-order valence-electron chi connectivity index (χ1n) is 13.0. The molecule has 34 heavy (non-hydrogen) atoms. The molecular formula is C30H36N2O2. The summed E-state index contributed by atoms with van der Waals surface area (Å²) in [5.74, 6) is 0.0124. The van der Waals surface area contributed by atoms with Gasteiger partial charge in [-0.25, -0.2) is 0 Å². The van der Waals surface area contributed by atoms with Crippen LogP contribution in [0.3, 0.4) is 0 Å². The summed E-state index contributed by atoms with van der Waals surface area (Å²) >= 11 is 0. The molecule has 4 nitrogen and oxygen atoms in total. The van der Waals surface area contributed by atoms with Crippen molar-refractivity contribution >= 4 is 33.4 Å². The third kappa shape index (κ3) is 4.31. The third-order valence-electron chi connectivity index (χ3n) is 8.18. The summed E-state index contributed by atoms with van der Waals surface area (Å²) in [6.07, 6.45) is 8.74. The van der Waals surface area contributed by atoms with E-state index in [9.17, 15) is 9.59 Å². The van der Waals surface area contributed by atoms with Gasteiger partial charge in [-0.3, -0.25) is 9.59 Å². The Hall–Kier alpha value is -2.88. The van der Waals surface area contributed by atoms with Crippen molar-refractivity contribution in [1.82, 2.24) is 9.80 Å². The summed E-state index contributed by atoms with van der Waals surface area (Å²) in [5.41, 5.74) is 1.19. The quantitative estimate of drug-likeness (QED) is 0.422. The average molecular weight is 457 g/mol. The molecule has 2 aliphatic rings. The van der Waals surface area contributed by atoms with Gasteiger partial charge in [0.25, 0.3) is 0 Å². The summed E-state index contributed by atoms with van der Waals surface area (Å²) < 4.78 is 0. The van der Waals surface area contributed by atoms with Crippen molar-refractivity contribution in [1.29, 1.82) is 0 Å². The molecule has 2 atom stereocenters. The largest absolute Gasteiger partial charge is 0.339 e. The van der Waals surface area contributed by atoms with Gasteiger partial charge in [-0.2, -0.15) is 0 Å². The zero-order valence-electron chi connectivity index (χ0n) is 20.5. The maximum absolute atomic E-state index is 13.7. The summed E-state index contributed by atoms with van der Waals surface area (Å²) in [6, 6.07) is 19.3. The van der Waals surface area contributed by atoms with E-state index in [0.717, 1.165) is 12.8 Å². The number of fused-ring (bicyclic) bond motifs is 2. The van der Waals surface area contributed by atoms with E-state index in [0.29, 0.717) is 19.0 Å². The average Bonchev–Trinajstić information content (AvgIpc) is 3.22. The number of amides is 2. The van der Waals surface area contributed by atoms with E-state index in [1.54, 1.807) is 0 Å². The Bertz CT molecular complexity index is 1140. The molecule has 4 heteroatoms. The third-order valence-corrected chi connectivity index (χ3v) is 8.18. The van der Waals surface area contributed by atoms with E-state index in [2.05, 4.69) is 61.5 Å². The molecule has 0 radical (unpaired) electrons. The highest BCUT2D eigenvalue weighted by Crippen LogP contribution is 2.36. The SMILES string of the molecule is CC(c1c2ccccc2cc2ccccc12)N(C)C(=O)C1CC(=O)N(C2CCCCCCC2)C1. The fourth-order valence-electron chi connectivity index (χ4n) is 6.17. The molecule has 0 aromatic heterocycles. The molecule has 2 unspecified atom stereocenters. The molecule has 2 amide bonds. The Balaban J connectivity index is 1.39. The van der Waals surface area contributed by atoms with E-state index in [4.69, 9.17) is 0 Å². The molecule has 0 N–H and O–H groups in total. The molecule has 1 saturated heterocycles. The second-order valence-electron chi connectivity index (χ2n) is 10.3. The number of likely N-dealkylation sites (tertiary alicyclic amines) is 1. The number of rotatable bonds is 4. The predicted molar refractivity (Wildman–Crippen MR) is 139 cm³/mol. The molecule has 178 valence electrons. The zero-order chi connectivity index (χ0) is 23.7. The lowest BCUT2D eigenvalue weighted by atomic mass is 9.91. The van der Waals surface area contributed by atoms with Crippen molar-refractivity contribution in [2.24, 2.45) is 5.92 Å². The lowest BCUT2D eigenvalue weighted by Crippen LogP contribution is -2.39. The molecule has 0 bridgehead atoms. The molecule has 1 aliphatic carbocycles. The minimum atomic E-state index is -0.244. The van der Waals surface area contributed by atoms with Crippen molar-refractivity contribution in [3.05, 3.63) is 60.2 Å². The molecular weight excluding hydrogens is 420 g/mol. The number of benzene rings is 3. The summed E-state index contributed by atoms with van der Waals surface area (Å²) in [5, 5.41) is 4.75. The lowest BCUT2D eigenvalue weighted by Gasteiger charge is -2.31. The van der Waals surface area contributed by atoms with Crippen LogP contribution < -0.4 is 0 Å². The predicted octanol–water partition coefficient (Wildman–Crippen LogP) is 6.47. The van der Waals surface area contributed by atoms with Crippen LogP contribution in [0.15, 0.2) is 54.6 Å². The number of hydrogen-bond donors (Lipinski definition) is 0. The van der Waals surface area contributed by atoms with Gasteiger partial charge >= 0.3 is 0 Å². The number of carbonyl (C=O) groups excluding carboxylic acids is 2. The Morgan fingerprint density at radius 3 is 2.09 bits per heavy atom. The Labute approximate surface area is 202 Å². The highest BCUT2D eigenvalue weighted by molar-refractivity contribution is 6.03. The van der Waals surface area contributed by atoms with Crippen LogP contribution in [0.2, 0.25) is 0 Å². The van der Waals surface area contributed by atoms with Gasteiger partial charge in [0.05, 0.1) is 12.0 Å². The van der Waals surface area contributed by atoms with E-state index in [-0.39, 0.29) is 23.8 Å². The van der Waals surface area contributed by atoms with Crippen LogP contribution >= 0.6 is 0 Å². The monoisotopic (exact) mass is 456 g/mol. The lowest BCUT2D eigenvalue weighted by molar-refractivity contribution is -0.136. The standard InChI is InChI=1S/C30H36N2O2/c1-21(29-26-16-10-8-12-22(26)18-23-13-9-11-17-27(23)29)31(2)30(34)24-19-28(33)32(20-24)25-14-6-4-3-5-7-15-25/h8-13,16-18,21,24-25H,3-7,14-15,19-20H2,1-2H3. The summed E-state index contributed by atoms with van der Waals surface area (Å²) in [4.78, 5) is 30.6. The normalized spacial score (nSPS) is 20.9. The number of nitrogens with zero attached hydrogens (tertiary/aromatic N) is 2. The van der Waals surface area contributed by atoms with Crippen LogP contribution in [-0.4, -0.2) is 41.2 Å². The van der Waals surface area contributed by atoms with Crippen molar-refractivity contribution < 1.29 is 9.59 Å². The fraction of sp³-hybridized carbons (Fsp3) is 0.467. The smallest absolute Gasteiger partial charge is 0.228 e. The molecule has 0 spiro atoms. The van der Waals surface area contributed by atoms with Crippen molar-refractivity contribution in [3.63, 3.8) is 0 Å². The van der Waals surface area contributed by atoms with Crippen LogP contribution in [0.5, 0.6) is 0 Å². The van der Waals surface area contributed by atoms with Crippen molar-refractivity contribution in [2.75, 3.05) is 13.6 Å². The topological polar surface area (TPSA) is 40.6 Å². The maximum atomic E-state index is 13.7. The molecule has 3 aromatic rings. The van der Waals surface area contributed by atoms with Gasteiger partial charge < -0.3 is 9.80 Å². The zero-order valence-corrected chi connectivity index (χ0v) is 20.5. The van der Waals surface area contributed by atoms with Crippen molar-refractivity contribution in [2.45, 2.75) is 70.4 Å². The maximum Gasteiger partial charge on any atom is 0.228 e. The first-order chi connectivity index (χ1) is 16.5. The van der Waals surface area contributed by atoms with Gasteiger partial charge in [-0.15, -0.1) is 0 Å². The van der Waals surface area contributed by atoms with Gasteiger partial charge in [-0.05, 0) is 52.9 Å². The minimum absolute atomic E-state index is 0.0888. The van der Waals surface area contributed by atoms with E-state index in [1.165, 1.54) is 59.2 Å². The van der Waals surface area contributed by atoms with Crippen LogP contribution in [0.4, 0.5) is 0 Å². The number of carbonyl (C=O) groups is 2. The molecule has 1 heterocycles. The van der Waals surface area contributed by atoms with Gasteiger partial charge in [0.15, 0.2) is 0 Å². The van der Waals surface area contributed by atoms with Crippen LogP contribution in [0, 0.1) is 5.92 Å². The number of hydrogen-bond acceptors (Lipinski definition) is 2. The second kappa shape index (κ2) is 9.77. The van der Waals surface area contributed by atoms with E-state index >= 15 is 0 Å². The van der Waals surface area contributed by atoms with Crippen LogP contribution in [0.1, 0.15) is 69.9 Å². The van der Waals surface area contributed by atoms with Gasteiger partial charge in [0.2, 0.25) is 11.8 Å². The molecule has 1 aliphatic heterocycles. The van der Waals surface area contributed by atoms with E-state index in [1.807, 2.05) is 16.8 Å². The fourth-order valence-corrected chi connectivity index (χ4v) is 6.17. The van der Waals surface area contributed by atoms with E-state index < -0.39 is 0 Å². The van der Waals surface area contributed by atoms with Gasteiger partial charge in [0, 0.05) is 26.1 Å². The molecule has 2 fully saturated rings. The second-order valence-corrected chi connectivity index (χ2v) is 10.3. The highest BCUT2D eigenvalue weighted by atomic mass is 16.2.